The lowest BCUT2D eigenvalue weighted by atomic mass is 10.0. The predicted octanol–water partition coefficient (Wildman–Crippen LogP) is 3.97. The van der Waals surface area contributed by atoms with Crippen molar-refractivity contribution in [3.05, 3.63) is 53.1 Å². The van der Waals surface area contributed by atoms with E-state index in [4.69, 9.17) is 21.1 Å². The van der Waals surface area contributed by atoms with Gasteiger partial charge in [0, 0.05) is 23.2 Å². The van der Waals surface area contributed by atoms with E-state index in [0.29, 0.717) is 16.5 Å². The summed E-state index contributed by atoms with van der Waals surface area (Å²) in [5.74, 6) is 1.64. The highest BCUT2D eigenvalue weighted by Gasteiger charge is 2.30. The quantitative estimate of drug-likeness (QED) is 0.692. The first kappa shape index (κ1) is 20.0. The molecule has 1 heterocycles. The van der Waals surface area contributed by atoms with Gasteiger partial charge in [0.05, 0.1) is 24.9 Å². The number of hydrogen-bond acceptors (Lipinski definition) is 5. The van der Waals surface area contributed by atoms with E-state index in [1.54, 1.807) is 38.5 Å². The Labute approximate surface area is 165 Å². The fourth-order valence-electron chi connectivity index (χ4n) is 3.54. The molecule has 7 heteroatoms. The molecular weight excluding hydrogens is 386 g/mol. The number of nitrogens with zero attached hydrogens (tertiary/aromatic N) is 1. The van der Waals surface area contributed by atoms with Crippen LogP contribution in [0.2, 0.25) is 5.02 Å². The summed E-state index contributed by atoms with van der Waals surface area (Å²) in [4.78, 5) is 2.52. The third kappa shape index (κ3) is 4.57. The maximum absolute atomic E-state index is 12.7. The summed E-state index contributed by atoms with van der Waals surface area (Å²) < 4.78 is 36.2. The van der Waals surface area contributed by atoms with Gasteiger partial charge in [-0.1, -0.05) is 11.6 Å². The van der Waals surface area contributed by atoms with Gasteiger partial charge in [-0.15, -0.1) is 0 Å². The Hall–Kier alpha value is -1.76. The molecule has 1 aliphatic heterocycles. The number of halogens is 1. The van der Waals surface area contributed by atoms with E-state index in [-0.39, 0.29) is 11.8 Å². The molecule has 1 fully saturated rings. The smallest absolute Gasteiger partial charge is 0.179 e. The number of benzene rings is 2. The second-order valence-corrected chi connectivity index (χ2v) is 9.12. The van der Waals surface area contributed by atoms with Crippen LogP contribution in [0.1, 0.15) is 24.4 Å². The van der Waals surface area contributed by atoms with E-state index in [1.807, 2.05) is 18.2 Å². The number of ether oxygens (including phenoxy) is 2. The molecule has 0 bridgehead atoms. The maximum Gasteiger partial charge on any atom is 0.179 e. The fourth-order valence-corrected chi connectivity index (χ4v) is 4.93. The molecule has 0 saturated carbocycles. The highest BCUT2D eigenvalue weighted by Crippen LogP contribution is 2.38. The van der Waals surface area contributed by atoms with Gasteiger partial charge in [-0.3, -0.25) is 4.90 Å². The van der Waals surface area contributed by atoms with Crippen LogP contribution in [0.15, 0.2) is 47.4 Å². The molecular formula is C20H24ClNO4S. The monoisotopic (exact) mass is 409 g/mol. The topological polar surface area (TPSA) is 55.8 Å². The first-order valence-corrected chi connectivity index (χ1v) is 10.9. The van der Waals surface area contributed by atoms with E-state index < -0.39 is 9.84 Å². The van der Waals surface area contributed by atoms with E-state index >= 15 is 0 Å². The molecule has 146 valence electrons. The lowest BCUT2D eigenvalue weighted by Gasteiger charge is -2.26. The van der Waals surface area contributed by atoms with Crippen LogP contribution in [0.3, 0.4) is 0 Å². The largest absolute Gasteiger partial charge is 0.497 e. The van der Waals surface area contributed by atoms with Crippen molar-refractivity contribution in [3.63, 3.8) is 0 Å². The molecule has 0 spiro atoms. The van der Waals surface area contributed by atoms with Gasteiger partial charge in [0.1, 0.15) is 11.5 Å². The molecule has 0 amide bonds. The van der Waals surface area contributed by atoms with Gasteiger partial charge in [-0.2, -0.15) is 0 Å². The van der Waals surface area contributed by atoms with Gasteiger partial charge in [0.2, 0.25) is 0 Å². The number of methoxy groups -OCH3 is 2. The number of rotatable bonds is 7. The van der Waals surface area contributed by atoms with E-state index in [0.717, 1.165) is 36.4 Å². The third-order valence-corrected chi connectivity index (χ3v) is 6.94. The summed E-state index contributed by atoms with van der Waals surface area (Å²) >= 11 is 5.86. The Morgan fingerprint density at radius 3 is 2.52 bits per heavy atom. The first-order valence-electron chi connectivity index (χ1n) is 8.89. The van der Waals surface area contributed by atoms with Crippen molar-refractivity contribution < 1.29 is 17.9 Å². The summed E-state index contributed by atoms with van der Waals surface area (Å²) in [7, 11) is -0.0709. The van der Waals surface area contributed by atoms with Crippen LogP contribution in [0.4, 0.5) is 0 Å². The second-order valence-electron chi connectivity index (χ2n) is 6.57. The SMILES string of the molecule is COc1ccc(OC)c([C@@H]2CCCN2CCS(=O)(=O)c2ccc(Cl)cc2)c1. The second kappa shape index (κ2) is 8.50. The third-order valence-electron chi connectivity index (χ3n) is 4.98. The lowest BCUT2D eigenvalue weighted by molar-refractivity contribution is 0.264. The van der Waals surface area contributed by atoms with Crippen LogP contribution in [-0.2, 0) is 9.84 Å². The Kier molecular flexibility index (Phi) is 6.29. The molecule has 3 rings (SSSR count). The average molecular weight is 410 g/mol. The van der Waals surface area contributed by atoms with Crippen molar-refractivity contribution in [1.82, 2.24) is 4.90 Å². The molecule has 5 nitrogen and oxygen atoms in total. The van der Waals surface area contributed by atoms with E-state index in [2.05, 4.69) is 4.90 Å². The molecule has 0 aromatic heterocycles. The van der Waals surface area contributed by atoms with Crippen molar-refractivity contribution in [3.8, 4) is 11.5 Å². The predicted molar refractivity (Wildman–Crippen MR) is 107 cm³/mol. The van der Waals surface area contributed by atoms with Gasteiger partial charge in [-0.25, -0.2) is 8.42 Å². The van der Waals surface area contributed by atoms with E-state index in [9.17, 15) is 8.42 Å². The number of likely N-dealkylation sites (tertiary alicyclic amines) is 1. The Morgan fingerprint density at radius 1 is 1.11 bits per heavy atom. The lowest BCUT2D eigenvalue weighted by Crippen LogP contribution is -2.29. The molecule has 0 aliphatic carbocycles. The highest BCUT2D eigenvalue weighted by molar-refractivity contribution is 7.91. The van der Waals surface area contributed by atoms with Crippen molar-refractivity contribution in [2.75, 3.05) is 33.1 Å². The molecule has 1 atom stereocenters. The average Bonchev–Trinajstić information content (AvgIpc) is 3.14. The molecule has 2 aromatic rings. The summed E-state index contributed by atoms with van der Waals surface area (Å²) in [5.41, 5.74) is 1.04. The Morgan fingerprint density at radius 2 is 1.85 bits per heavy atom. The Bertz CT molecular complexity index is 883. The molecule has 0 unspecified atom stereocenters. The van der Waals surface area contributed by atoms with Gasteiger partial charge in [0.25, 0.3) is 0 Å². The zero-order valence-electron chi connectivity index (χ0n) is 15.5. The molecule has 27 heavy (non-hydrogen) atoms. The van der Waals surface area contributed by atoms with Crippen LogP contribution < -0.4 is 9.47 Å². The zero-order chi connectivity index (χ0) is 19.4. The minimum Gasteiger partial charge on any atom is -0.497 e. The summed E-state index contributed by atoms with van der Waals surface area (Å²) in [6, 6.07) is 12.2. The fraction of sp³-hybridized carbons (Fsp3) is 0.400. The molecule has 0 N–H and O–H groups in total. The summed E-state index contributed by atoms with van der Waals surface area (Å²) in [6.07, 6.45) is 1.98. The van der Waals surface area contributed by atoms with E-state index in [1.165, 1.54) is 0 Å². The minimum atomic E-state index is -3.35. The first-order chi connectivity index (χ1) is 12.9. The minimum absolute atomic E-state index is 0.0669. The van der Waals surface area contributed by atoms with Crippen LogP contribution in [0, 0.1) is 0 Å². The van der Waals surface area contributed by atoms with Gasteiger partial charge >= 0.3 is 0 Å². The summed E-state index contributed by atoms with van der Waals surface area (Å²) in [6.45, 7) is 1.33. The van der Waals surface area contributed by atoms with Crippen LogP contribution in [-0.4, -0.2) is 46.4 Å². The highest BCUT2D eigenvalue weighted by atomic mass is 35.5. The molecule has 0 radical (unpaired) electrons. The molecule has 1 aliphatic rings. The van der Waals surface area contributed by atoms with Gasteiger partial charge < -0.3 is 9.47 Å². The number of sulfone groups is 1. The zero-order valence-corrected chi connectivity index (χ0v) is 17.1. The van der Waals surface area contributed by atoms with Crippen LogP contribution in [0.5, 0.6) is 11.5 Å². The maximum atomic E-state index is 12.7. The van der Waals surface area contributed by atoms with Gasteiger partial charge in [-0.05, 0) is 61.9 Å². The van der Waals surface area contributed by atoms with Crippen molar-refractivity contribution in [2.24, 2.45) is 0 Å². The Balaban J connectivity index is 1.76. The number of hydrogen-bond donors (Lipinski definition) is 0. The van der Waals surface area contributed by atoms with Crippen LogP contribution in [0.25, 0.3) is 0 Å². The summed E-state index contributed by atoms with van der Waals surface area (Å²) in [5, 5.41) is 0.527. The molecule has 1 saturated heterocycles. The normalized spacial score (nSPS) is 17.8. The van der Waals surface area contributed by atoms with Gasteiger partial charge in [0.15, 0.2) is 9.84 Å². The standard InChI is InChI=1S/C20H24ClNO4S/c1-25-16-7-10-20(26-2)18(14-16)19-4-3-11-22(19)12-13-27(23,24)17-8-5-15(21)6-9-17/h5-10,14,19H,3-4,11-13H2,1-2H3/t19-/m0/s1. The van der Waals surface area contributed by atoms with Crippen molar-refractivity contribution >= 4 is 21.4 Å². The molecule has 2 aromatic carbocycles. The van der Waals surface area contributed by atoms with Crippen molar-refractivity contribution in [2.45, 2.75) is 23.8 Å². The van der Waals surface area contributed by atoms with Crippen LogP contribution >= 0.6 is 11.6 Å². The van der Waals surface area contributed by atoms with Crippen molar-refractivity contribution in [1.29, 1.82) is 0 Å².